The molecule has 0 saturated heterocycles. The van der Waals surface area contributed by atoms with Crippen molar-refractivity contribution in [2.24, 2.45) is 5.92 Å². The van der Waals surface area contributed by atoms with Crippen molar-refractivity contribution in [1.29, 1.82) is 0 Å². The molecule has 0 aliphatic heterocycles. The SMILES string of the molecule is Cc1cccc(Oc2c(CN(CC(C)C)CC(O)c3ccccc3)c(C)nn2-c2ccccc2)c1. The number of aromatic nitrogens is 2. The Labute approximate surface area is 208 Å². The summed E-state index contributed by atoms with van der Waals surface area (Å²) < 4.78 is 8.39. The number of benzene rings is 3. The van der Waals surface area contributed by atoms with Crippen LogP contribution in [0.15, 0.2) is 84.9 Å². The highest BCUT2D eigenvalue weighted by Gasteiger charge is 2.23. The molecule has 3 aromatic carbocycles. The van der Waals surface area contributed by atoms with Crippen LogP contribution in [0.1, 0.15) is 42.3 Å². The lowest BCUT2D eigenvalue weighted by molar-refractivity contribution is 0.101. The quantitative estimate of drug-likeness (QED) is 0.289. The van der Waals surface area contributed by atoms with Crippen LogP contribution >= 0.6 is 0 Å². The van der Waals surface area contributed by atoms with Crippen LogP contribution in [-0.4, -0.2) is 32.9 Å². The maximum absolute atomic E-state index is 11.0. The minimum atomic E-state index is -0.569. The molecule has 182 valence electrons. The fourth-order valence-corrected chi connectivity index (χ4v) is 4.33. The van der Waals surface area contributed by atoms with E-state index >= 15 is 0 Å². The fraction of sp³-hybridized carbons (Fsp3) is 0.300. The van der Waals surface area contributed by atoms with E-state index in [1.165, 1.54) is 0 Å². The molecule has 1 heterocycles. The van der Waals surface area contributed by atoms with Gasteiger partial charge in [-0.15, -0.1) is 0 Å². The first-order valence-electron chi connectivity index (χ1n) is 12.2. The van der Waals surface area contributed by atoms with Crippen LogP contribution < -0.4 is 4.74 Å². The van der Waals surface area contributed by atoms with Crippen molar-refractivity contribution in [3.05, 3.63) is 107 Å². The second-order valence-electron chi connectivity index (χ2n) is 9.55. The van der Waals surface area contributed by atoms with E-state index in [0.717, 1.165) is 40.4 Å². The molecule has 0 radical (unpaired) electrons. The predicted octanol–water partition coefficient (Wildman–Crippen LogP) is 6.47. The molecule has 5 heteroatoms. The molecule has 0 saturated carbocycles. The molecule has 1 unspecified atom stereocenters. The van der Waals surface area contributed by atoms with E-state index in [1.54, 1.807) is 0 Å². The van der Waals surface area contributed by atoms with Gasteiger partial charge < -0.3 is 9.84 Å². The Bertz CT molecular complexity index is 1220. The minimum absolute atomic E-state index is 0.448. The fourth-order valence-electron chi connectivity index (χ4n) is 4.33. The third-order valence-corrected chi connectivity index (χ3v) is 5.96. The zero-order valence-corrected chi connectivity index (χ0v) is 21.1. The molecule has 0 spiro atoms. The van der Waals surface area contributed by atoms with Crippen LogP contribution in [0.3, 0.4) is 0 Å². The topological polar surface area (TPSA) is 50.5 Å². The van der Waals surface area contributed by atoms with Gasteiger partial charge in [0.05, 0.1) is 23.0 Å². The Balaban J connectivity index is 1.70. The average molecular weight is 470 g/mol. The number of ether oxygens (including phenoxy) is 1. The normalized spacial score (nSPS) is 12.3. The first kappa shape index (κ1) is 24.7. The Hall–Kier alpha value is -3.41. The number of rotatable bonds is 10. The van der Waals surface area contributed by atoms with Gasteiger partial charge in [0.25, 0.3) is 0 Å². The summed E-state index contributed by atoms with van der Waals surface area (Å²) in [6.07, 6.45) is -0.569. The maximum Gasteiger partial charge on any atom is 0.227 e. The molecule has 1 atom stereocenters. The predicted molar refractivity (Wildman–Crippen MR) is 141 cm³/mol. The number of aliphatic hydroxyl groups is 1. The van der Waals surface area contributed by atoms with Crippen LogP contribution in [0, 0.1) is 19.8 Å². The highest BCUT2D eigenvalue weighted by molar-refractivity contribution is 5.43. The number of aryl methyl sites for hydroxylation is 2. The molecule has 1 N–H and O–H groups in total. The Morgan fingerprint density at radius 3 is 2.23 bits per heavy atom. The van der Waals surface area contributed by atoms with Gasteiger partial charge in [-0.1, -0.05) is 74.5 Å². The molecule has 0 aliphatic rings. The van der Waals surface area contributed by atoms with Crippen LogP contribution in [0.4, 0.5) is 0 Å². The number of hydrogen-bond acceptors (Lipinski definition) is 4. The number of aliphatic hydroxyl groups excluding tert-OH is 1. The summed E-state index contributed by atoms with van der Waals surface area (Å²) in [6.45, 7) is 10.5. The third kappa shape index (κ3) is 6.38. The van der Waals surface area contributed by atoms with Crippen molar-refractivity contribution in [2.75, 3.05) is 13.1 Å². The molecule has 0 amide bonds. The Morgan fingerprint density at radius 2 is 1.57 bits per heavy atom. The third-order valence-electron chi connectivity index (χ3n) is 5.96. The van der Waals surface area contributed by atoms with Crippen LogP contribution in [-0.2, 0) is 6.54 Å². The molecule has 0 aliphatic carbocycles. The van der Waals surface area contributed by atoms with Crippen molar-refractivity contribution in [1.82, 2.24) is 14.7 Å². The zero-order chi connectivity index (χ0) is 24.8. The van der Waals surface area contributed by atoms with E-state index in [0.29, 0.717) is 24.9 Å². The van der Waals surface area contributed by atoms with E-state index in [9.17, 15) is 5.11 Å². The van der Waals surface area contributed by atoms with E-state index in [2.05, 4.69) is 31.7 Å². The van der Waals surface area contributed by atoms with Gasteiger partial charge in [0.1, 0.15) is 5.75 Å². The van der Waals surface area contributed by atoms with E-state index in [4.69, 9.17) is 9.84 Å². The van der Waals surface area contributed by atoms with Gasteiger partial charge in [-0.25, -0.2) is 4.68 Å². The summed E-state index contributed by atoms with van der Waals surface area (Å²) in [7, 11) is 0. The summed E-state index contributed by atoms with van der Waals surface area (Å²) in [5.41, 5.74) is 4.95. The molecule has 35 heavy (non-hydrogen) atoms. The molecule has 4 aromatic rings. The molecular formula is C30H35N3O2. The molecule has 0 fully saturated rings. The Morgan fingerprint density at radius 1 is 0.886 bits per heavy atom. The van der Waals surface area contributed by atoms with E-state index < -0.39 is 6.10 Å². The second-order valence-corrected chi connectivity index (χ2v) is 9.55. The summed E-state index contributed by atoms with van der Waals surface area (Å²) >= 11 is 0. The first-order valence-corrected chi connectivity index (χ1v) is 12.2. The molecule has 0 bridgehead atoms. The monoisotopic (exact) mass is 469 g/mol. The maximum atomic E-state index is 11.0. The standard InChI is InChI=1S/C30H35N3O2/c1-22(2)19-32(21-29(34)25-13-7-5-8-14-25)20-28-24(4)31-33(26-15-9-6-10-16-26)30(28)35-27-17-11-12-23(3)18-27/h5-18,22,29,34H,19-21H2,1-4H3. The van der Waals surface area contributed by atoms with Gasteiger partial charge >= 0.3 is 0 Å². The van der Waals surface area contributed by atoms with Crippen molar-refractivity contribution < 1.29 is 9.84 Å². The smallest absolute Gasteiger partial charge is 0.227 e. The largest absolute Gasteiger partial charge is 0.439 e. The molecular weight excluding hydrogens is 434 g/mol. The summed E-state index contributed by atoms with van der Waals surface area (Å²) in [5, 5.41) is 15.8. The van der Waals surface area contributed by atoms with Gasteiger partial charge in [0.15, 0.2) is 0 Å². The van der Waals surface area contributed by atoms with E-state index in [1.807, 2.05) is 90.5 Å². The lowest BCUT2D eigenvalue weighted by Gasteiger charge is -2.27. The number of hydrogen-bond donors (Lipinski definition) is 1. The van der Waals surface area contributed by atoms with Gasteiger partial charge in [0, 0.05) is 19.6 Å². The van der Waals surface area contributed by atoms with Gasteiger partial charge in [-0.3, -0.25) is 4.90 Å². The molecule has 5 nitrogen and oxygen atoms in total. The number of para-hydroxylation sites is 1. The first-order chi connectivity index (χ1) is 16.9. The van der Waals surface area contributed by atoms with Gasteiger partial charge in [-0.05, 0) is 55.2 Å². The second kappa shape index (κ2) is 11.3. The van der Waals surface area contributed by atoms with Crippen LogP contribution in [0.5, 0.6) is 11.6 Å². The van der Waals surface area contributed by atoms with Crippen molar-refractivity contribution in [2.45, 2.75) is 40.3 Å². The minimum Gasteiger partial charge on any atom is -0.439 e. The van der Waals surface area contributed by atoms with Crippen LogP contribution in [0.2, 0.25) is 0 Å². The van der Waals surface area contributed by atoms with Crippen molar-refractivity contribution >= 4 is 0 Å². The van der Waals surface area contributed by atoms with Gasteiger partial charge in [-0.2, -0.15) is 5.10 Å². The highest BCUT2D eigenvalue weighted by atomic mass is 16.5. The Kier molecular flexibility index (Phi) is 8.01. The average Bonchev–Trinajstić information content (AvgIpc) is 3.14. The highest BCUT2D eigenvalue weighted by Crippen LogP contribution is 2.32. The molecule has 1 aromatic heterocycles. The zero-order valence-electron chi connectivity index (χ0n) is 21.1. The summed E-state index contributed by atoms with van der Waals surface area (Å²) in [4.78, 5) is 2.30. The lowest BCUT2D eigenvalue weighted by atomic mass is 10.1. The van der Waals surface area contributed by atoms with Crippen molar-refractivity contribution in [3.8, 4) is 17.3 Å². The van der Waals surface area contributed by atoms with Crippen LogP contribution in [0.25, 0.3) is 5.69 Å². The summed E-state index contributed by atoms with van der Waals surface area (Å²) in [5.74, 6) is 1.94. The molecule has 4 rings (SSSR count). The van der Waals surface area contributed by atoms with Crippen molar-refractivity contribution in [3.63, 3.8) is 0 Å². The summed E-state index contributed by atoms with van der Waals surface area (Å²) in [6, 6.07) is 28.0. The van der Waals surface area contributed by atoms with Gasteiger partial charge in [0.2, 0.25) is 5.88 Å². The van der Waals surface area contributed by atoms with E-state index in [-0.39, 0.29) is 0 Å². The number of nitrogens with zero attached hydrogens (tertiary/aromatic N) is 3. The lowest BCUT2D eigenvalue weighted by Crippen LogP contribution is -2.32.